The van der Waals surface area contributed by atoms with Gasteiger partial charge in [0, 0.05) is 11.8 Å². The van der Waals surface area contributed by atoms with Crippen molar-refractivity contribution in [2.75, 3.05) is 16.8 Å². The first-order chi connectivity index (χ1) is 13.4. The standard InChI is InChI=1S/C21H21N3O4/c1-11-6-12(2)8-14(7-11)22-19(25)17-15-4-5-21(27-15)10-24(20(26)18(17)21)16-9-13(3)28-23-16/h4-9,15,17-18H,10H2,1-3H3,(H,22,25)/t15-,17-,18-,21+/m1/s1. The van der Waals surface area contributed by atoms with Crippen LogP contribution in [-0.4, -0.2) is 35.2 Å². The number of anilines is 2. The summed E-state index contributed by atoms with van der Waals surface area (Å²) in [5, 5.41) is 6.94. The summed E-state index contributed by atoms with van der Waals surface area (Å²) in [6, 6.07) is 7.61. The molecule has 2 fully saturated rings. The third-order valence-corrected chi connectivity index (χ3v) is 5.78. The summed E-state index contributed by atoms with van der Waals surface area (Å²) in [5.41, 5.74) is 2.09. The fourth-order valence-electron chi connectivity index (χ4n) is 4.74. The normalized spacial score (nSPS) is 30.2. The number of nitrogens with one attached hydrogen (secondary N) is 1. The van der Waals surface area contributed by atoms with Crippen LogP contribution in [0.4, 0.5) is 11.5 Å². The Morgan fingerprint density at radius 3 is 2.64 bits per heavy atom. The van der Waals surface area contributed by atoms with Crippen molar-refractivity contribution >= 4 is 23.3 Å². The minimum Gasteiger partial charge on any atom is -0.360 e. The Balaban J connectivity index is 1.44. The number of aryl methyl sites for hydroxylation is 3. The van der Waals surface area contributed by atoms with Gasteiger partial charge in [0.25, 0.3) is 0 Å². The monoisotopic (exact) mass is 379 g/mol. The molecule has 7 heteroatoms. The second-order valence-electron chi connectivity index (χ2n) is 7.99. The molecule has 0 unspecified atom stereocenters. The second-order valence-corrected chi connectivity index (χ2v) is 7.99. The third kappa shape index (κ3) is 2.43. The average molecular weight is 379 g/mol. The Kier molecular flexibility index (Phi) is 3.55. The van der Waals surface area contributed by atoms with Crippen molar-refractivity contribution in [3.05, 3.63) is 53.3 Å². The van der Waals surface area contributed by atoms with Gasteiger partial charge < -0.3 is 14.6 Å². The predicted octanol–water partition coefficient (Wildman–Crippen LogP) is 2.52. The van der Waals surface area contributed by atoms with E-state index in [2.05, 4.69) is 10.5 Å². The number of amides is 2. The molecule has 4 atom stereocenters. The molecule has 28 heavy (non-hydrogen) atoms. The van der Waals surface area contributed by atoms with Gasteiger partial charge in [-0.25, -0.2) is 0 Å². The van der Waals surface area contributed by atoms with Gasteiger partial charge in [-0.3, -0.25) is 14.5 Å². The number of ether oxygens (including phenoxy) is 1. The summed E-state index contributed by atoms with van der Waals surface area (Å²) in [5.74, 6) is -0.400. The van der Waals surface area contributed by atoms with E-state index in [-0.39, 0.29) is 17.9 Å². The molecule has 2 amide bonds. The number of hydrogen-bond donors (Lipinski definition) is 1. The van der Waals surface area contributed by atoms with Crippen molar-refractivity contribution in [3.63, 3.8) is 0 Å². The first-order valence-electron chi connectivity index (χ1n) is 9.37. The smallest absolute Gasteiger partial charge is 0.235 e. The van der Waals surface area contributed by atoms with Gasteiger partial charge in [0.05, 0.1) is 24.5 Å². The van der Waals surface area contributed by atoms with E-state index in [9.17, 15) is 9.59 Å². The van der Waals surface area contributed by atoms with Crippen molar-refractivity contribution in [2.45, 2.75) is 32.5 Å². The maximum absolute atomic E-state index is 13.2. The Labute approximate surface area is 162 Å². The van der Waals surface area contributed by atoms with Crippen molar-refractivity contribution in [3.8, 4) is 0 Å². The van der Waals surface area contributed by atoms with E-state index in [4.69, 9.17) is 9.26 Å². The molecular formula is C21H21N3O4. The maximum Gasteiger partial charge on any atom is 0.235 e. The zero-order chi connectivity index (χ0) is 19.6. The molecule has 1 aromatic heterocycles. The lowest BCUT2D eigenvalue weighted by atomic mass is 9.76. The minimum atomic E-state index is -0.779. The molecule has 1 spiro atoms. The molecule has 0 aliphatic carbocycles. The molecule has 4 heterocycles. The number of hydrogen-bond acceptors (Lipinski definition) is 5. The molecule has 2 bridgehead atoms. The fourth-order valence-corrected chi connectivity index (χ4v) is 4.74. The summed E-state index contributed by atoms with van der Waals surface area (Å²) < 4.78 is 11.3. The van der Waals surface area contributed by atoms with Crippen LogP contribution in [0.2, 0.25) is 0 Å². The quantitative estimate of drug-likeness (QED) is 0.829. The van der Waals surface area contributed by atoms with Crippen molar-refractivity contribution in [1.29, 1.82) is 0 Å². The molecule has 3 aliphatic heterocycles. The Morgan fingerprint density at radius 2 is 1.96 bits per heavy atom. The highest BCUT2D eigenvalue weighted by molar-refractivity contribution is 6.05. The van der Waals surface area contributed by atoms with Gasteiger partial charge in [0.15, 0.2) is 5.82 Å². The predicted molar refractivity (Wildman–Crippen MR) is 102 cm³/mol. The van der Waals surface area contributed by atoms with Crippen molar-refractivity contribution in [2.24, 2.45) is 11.8 Å². The van der Waals surface area contributed by atoms with Crippen LogP contribution in [0.15, 0.2) is 40.9 Å². The zero-order valence-electron chi connectivity index (χ0n) is 15.9. The molecule has 1 aromatic carbocycles. The lowest BCUT2D eigenvalue weighted by Gasteiger charge is -2.23. The zero-order valence-corrected chi connectivity index (χ0v) is 15.9. The largest absolute Gasteiger partial charge is 0.360 e. The van der Waals surface area contributed by atoms with E-state index in [1.165, 1.54) is 0 Å². The molecule has 2 saturated heterocycles. The average Bonchev–Trinajstić information content (AvgIpc) is 3.35. The molecular weight excluding hydrogens is 358 g/mol. The van der Waals surface area contributed by atoms with Gasteiger partial charge in [0.1, 0.15) is 11.4 Å². The van der Waals surface area contributed by atoms with Gasteiger partial charge in [0.2, 0.25) is 11.8 Å². The number of aromatic nitrogens is 1. The van der Waals surface area contributed by atoms with Gasteiger partial charge in [-0.15, -0.1) is 0 Å². The van der Waals surface area contributed by atoms with Crippen LogP contribution in [-0.2, 0) is 14.3 Å². The number of benzene rings is 1. The summed E-state index contributed by atoms with van der Waals surface area (Å²) in [4.78, 5) is 27.9. The van der Waals surface area contributed by atoms with Gasteiger partial charge in [-0.1, -0.05) is 23.4 Å². The Hall–Kier alpha value is -2.93. The number of rotatable bonds is 3. The minimum absolute atomic E-state index is 0.152. The van der Waals surface area contributed by atoms with E-state index >= 15 is 0 Å². The summed E-state index contributed by atoms with van der Waals surface area (Å²) >= 11 is 0. The topological polar surface area (TPSA) is 84.7 Å². The number of carbonyl (C=O) groups excluding carboxylic acids is 2. The van der Waals surface area contributed by atoms with Gasteiger partial charge in [-0.2, -0.15) is 0 Å². The molecule has 1 N–H and O–H groups in total. The van der Waals surface area contributed by atoms with Crippen LogP contribution in [0, 0.1) is 32.6 Å². The van der Waals surface area contributed by atoms with E-state index in [0.29, 0.717) is 18.1 Å². The molecule has 0 radical (unpaired) electrons. The Bertz CT molecular complexity index is 1010. The van der Waals surface area contributed by atoms with Crippen LogP contribution in [0.1, 0.15) is 16.9 Å². The molecule has 144 valence electrons. The van der Waals surface area contributed by atoms with E-state index < -0.39 is 17.4 Å². The van der Waals surface area contributed by atoms with E-state index in [1.54, 1.807) is 17.9 Å². The van der Waals surface area contributed by atoms with Crippen molar-refractivity contribution in [1.82, 2.24) is 5.16 Å². The van der Waals surface area contributed by atoms with Crippen LogP contribution in [0.5, 0.6) is 0 Å². The van der Waals surface area contributed by atoms with E-state index in [0.717, 1.165) is 16.8 Å². The molecule has 7 nitrogen and oxygen atoms in total. The SMILES string of the molecule is Cc1cc(C)cc(NC(=O)[C@@H]2[C@H]3C=C[C@@]4(CN(c5cc(C)on5)C(=O)[C@@H]24)O3)c1. The first kappa shape index (κ1) is 17.2. The molecule has 5 rings (SSSR count). The van der Waals surface area contributed by atoms with Crippen LogP contribution in [0.25, 0.3) is 0 Å². The van der Waals surface area contributed by atoms with Crippen molar-refractivity contribution < 1.29 is 18.8 Å². The first-order valence-corrected chi connectivity index (χ1v) is 9.37. The highest BCUT2D eigenvalue weighted by Crippen LogP contribution is 2.52. The number of nitrogens with zero attached hydrogens (tertiary/aromatic N) is 2. The number of carbonyl (C=O) groups is 2. The molecule has 2 aromatic rings. The Morgan fingerprint density at radius 1 is 1.21 bits per heavy atom. The fraction of sp³-hybridized carbons (Fsp3) is 0.381. The van der Waals surface area contributed by atoms with Gasteiger partial charge >= 0.3 is 0 Å². The lowest BCUT2D eigenvalue weighted by Crippen LogP contribution is -2.41. The van der Waals surface area contributed by atoms with Gasteiger partial charge in [-0.05, 0) is 44.0 Å². The molecule has 0 saturated carbocycles. The highest BCUT2D eigenvalue weighted by atomic mass is 16.5. The summed E-state index contributed by atoms with van der Waals surface area (Å²) in [6.07, 6.45) is 3.43. The van der Waals surface area contributed by atoms with Crippen LogP contribution < -0.4 is 10.2 Å². The maximum atomic E-state index is 13.2. The van der Waals surface area contributed by atoms with Crippen LogP contribution in [0.3, 0.4) is 0 Å². The second kappa shape index (κ2) is 5.78. The van der Waals surface area contributed by atoms with Crippen LogP contribution >= 0.6 is 0 Å². The highest BCUT2D eigenvalue weighted by Gasteiger charge is 2.67. The third-order valence-electron chi connectivity index (χ3n) is 5.78. The lowest BCUT2D eigenvalue weighted by molar-refractivity contribution is -0.128. The summed E-state index contributed by atoms with van der Waals surface area (Å²) in [7, 11) is 0. The number of fused-ring (bicyclic) bond motifs is 1. The van der Waals surface area contributed by atoms with E-state index in [1.807, 2.05) is 44.2 Å². The summed E-state index contributed by atoms with van der Waals surface area (Å²) in [6.45, 7) is 6.08. The molecule has 3 aliphatic rings.